The number of carbonyl (C=O) groups is 1. The first-order valence-corrected chi connectivity index (χ1v) is 12.3. The summed E-state index contributed by atoms with van der Waals surface area (Å²) in [6.45, 7) is 6.39. The monoisotopic (exact) mass is 516 g/mol. The topological polar surface area (TPSA) is 104 Å². The van der Waals surface area contributed by atoms with E-state index in [1.54, 1.807) is 18.2 Å². The molecule has 2 atom stereocenters. The smallest absolute Gasteiger partial charge is 0.352 e. The predicted molar refractivity (Wildman–Crippen MR) is 139 cm³/mol. The van der Waals surface area contributed by atoms with Crippen LogP contribution in [0.2, 0.25) is 0 Å². The third-order valence-electron chi connectivity index (χ3n) is 6.02. The highest BCUT2D eigenvalue weighted by atomic mass is 19.1. The number of hydrogen-bond donors (Lipinski definition) is 1. The maximum absolute atomic E-state index is 13.1. The van der Waals surface area contributed by atoms with Gasteiger partial charge in [0.05, 0.1) is 12.5 Å². The van der Waals surface area contributed by atoms with Crippen molar-refractivity contribution in [2.45, 2.75) is 39.2 Å². The predicted octanol–water partition coefficient (Wildman–Crippen LogP) is 5.84. The molecular formula is C30H29FN2O5. The van der Waals surface area contributed by atoms with E-state index < -0.39 is 23.8 Å². The molecule has 0 radical (unpaired) electrons. The highest BCUT2D eigenvalue weighted by Crippen LogP contribution is 2.44. The zero-order valence-corrected chi connectivity index (χ0v) is 21.4. The van der Waals surface area contributed by atoms with Crippen LogP contribution in [0, 0.1) is 23.1 Å². The minimum absolute atomic E-state index is 0.0207. The Morgan fingerprint density at radius 2 is 1.79 bits per heavy atom. The third-order valence-corrected chi connectivity index (χ3v) is 6.02. The number of benzene rings is 3. The molecule has 196 valence electrons. The van der Waals surface area contributed by atoms with Gasteiger partial charge in [0.2, 0.25) is 5.88 Å². The first kappa shape index (κ1) is 26.6. The number of esters is 1. The number of allylic oxidation sites excluding steroid dienone is 1. The number of ether oxygens (including phenoxy) is 4. The summed E-state index contributed by atoms with van der Waals surface area (Å²) < 4.78 is 35.8. The van der Waals surface area contributed by atoms with Crippen molar-refractivity contribution in [3.63, 3.8) is 0 Å². The van der Waals surface area contributed by atoms with Crippen molar-refractivity contribution >= 4 is 5.97 Å². The SMILES string of the molecule is CC(C)CCOc1cccc(C2C(C#N)=C(N)Oc3cc(OC(=O)C(C)Oc4ccc(F)cc4)ccc32)c1. The first-order chi connectivity index (χ1) is 18.2. The van der Waals surface area contributed by atoms with Gasteiger partial charge in [0.15, 0.2) is 6.10 Å². The van der Waals surface area contributed by atoms with Crippen LogP contribution in [0.4, 0.5) is 4.39 Å². The van der Waals surface area contributed by atoms with Crippen LogP contribution in [0.3, 0.4) is 0 Å². The van der Waals surface area contributed by atoms with E-state index >= 15 is 0 Å². The largest absolute Gasteiger partial charge is 0.494 e. The van der Waals surface area contributed by atoms with Crippen LogP contribution >= 0.6 is 0 Å². The van der Waals surface area contributed by atoms with E-state index in [1.165, 1.54) is 31.2 Å². The molecule has 0 amide bonds. The summed E-state index contributed by atoms with van der Waals surface area (Å²) in [7, 11) is 0. The van der Waals surface area contributed by atoms with Gasteiger partial charge in [-0.05, 0) is 67.3 Å². The number of hydrogen-bond acceptors (Lipinski definition) is 7. The van der Waals surface area contributed by atoms with E-state index in [0.717, 1.165) is 12.0 Å². The minimum atomic E-state index is -0.946. The number of halogens is 1. The number of rotatable bonds is 9. The van der Waals surface area contributed by atoms with Crippen molar-refractivity contribution in [2.75, 3.05) is 6.61 Å². The molecule has 4 rings (SSSR count). The Kier molecular flexibility index (Phi) is 8.17. The lowest BCUT2D eigenvalue weighted by atomic mass is 9.83. The lowest BCUT2D eigenvalue weighted by Crippen LogP contribution is -2.28. The van der Waals surface area contributed by atoms with Gasteiger partial charge in [0.1, 0.15) is 40.5 Å². The average molecular weight is 517 g/mol. The minimum Gasteiger partial charge on any atom is -0.494 e. The van der Waals surface area contributed by atoms with Gasteiger partial charge in [-0.15, -0.1) is 0 Å². The molecule has 3 aromatic rings. The highest BCUT2D eigenvalue weighted by molar-refractivity contribution is 5.77. The molecule has 8 heteroatoms. The zero-order chi connectivity index (χ0) is 27.2. The van der Waals surface area contributed by atoms with E-state index in [2.05, 4.69) is 19.9 Å². The van der Waals surface area contributed by atoms with E-state index in [0.29, 0.717) is 35.3 Å². The molecule has 0 aromatic heterocycles. The van der Waals surface area contributed by atoms with Crippen molar-refractivity contribution in [3.8, 4) is 29.1 Å². The fourth-order valence-corrected chi connectivity index (χ4v) is 4.00. The molecule has 0 fully saturated rings. The molecule has 7 nitrogen and oxygen atoms in total. The first-order valence-electron chi connectivity index (χ1n) is 12.3. The highest BCUT2D eigenvalue weighted by Gasteiger charge is 2.31. The lowest BCUT2D eigenvalue weighted by Gasteiger charge is -2.27. The second-order valence-corrected chi connectivity index (χ2v) is 9.36. The molecule has 3 aromatic carbocycles. The van der Waals surface area contributed by atoms with Crippen LogP contribution in [0.5, 0.6) is 23.0 Å². The number of nitrogens with two attached hydrogens (primary N) is 1. The van der Waals surface area contributed by atoms with Gasteiger partial charge in [-0.2, -0.15) is 5.26 Å². The Balaban J connectivity index is 1.54. The molecule has 2 unspecified atom stereocenters. The van der Waals surface area contributed by atoms with Gasteiger partial charge in [-0.1, -0.05) is 32.0 Å². The summed E-state index contributed by atoms with van der Waals surface area (Å²) in [6.07, 6.45) is -0.0193. The number of nitriles is 1. The maximum atomic E-state index is 13.1. The van der Waals surface area contributed by atoms with Gasteiger partial charge in [0.25, 0.3) is 0 Å². The summed E-state index contributed by atoms with van der Waals surface area (Å²) in [5.74, 6) is 0.602. The van der Waals surface area contributed by atoms with Crippen molar-refractivity contribution in [2.24, 2.45) is 11.7 Å². The molecule has 38 heavy (non-hydrogen) atoms. The van der Waals surface area contributed by atoms with Crippen LogP contribution in [0.15, 0.2) is 78.2 Å². The van der Waals surface area contributed by atoms with Crippen LogP contribution in [-0.2, 0) is 4.79 Å². The molecule has 2 N–H and O–H groups in total. The molecule has 0 spiro atoms. The van der Waals surface area contributed by atoms with Gasteiger partial charge in [-0.3, -0.25) is 0 Å². The molecule has 0 bridgehead atoms. The van der Waals surface area contributed by atoms with Crippen molar-refractivity contribution in [1.82, 2.24) is 0 Å². The third kappa shape index (κ3) is 6.24. The Hall–Kier alpha value is -4.51. The van der Waals surface area contributed by atoms with Crippen LogP contribution in [0.25, 0.3) is 0 Å². The van der Waals surface area contributed by atoms with Gasteiger partial charge in [0, 0.05) is 11.6 Å². The summed E-state index contributed by atoms with van der Waals surface area (Å²) >= 11 is 0. The van der Waals surface area contributed by atoms with Gasteiger partial charge in [-0.25, -0.2) is 9.18 Å². The number of fused-ring (bicyclic) bond motifs is 1. The Bertz CT molecular complexity index is 1380. The van der Waals surface area contributed by atoms with Crippen LogP contribution in [0.1, 0.15) is 44.2 Å². The van der Waals surface area contributed by atoms with Crippen molar-refractivity contribution in [1.29, 1.82) is 5.26 Å². The Labute approximate surface area is 221 Å². The van der Waals surface area contributed by atoms with E-state index in [-0.39, 0.29) is 17.2 Å². The molecule has 1 aliphatic heterocycles. The molecule has 1 aliphatic rings. The molecule has 0 saturated carbocycles. The summed E-state index contributed by atoms with van der Waals surface area (Å²) in [4.78, 5) is 12.6. The van der Waals surface area contributed by atoms with Crippen molar-refractivity contribution in [3.05, 3.63) is 95.1 Å². The van der Waals surface area contributed by atoms with E-state index in [1.807, 2.05) is 24.3 Å². The summed E-state index contributed by atoms with van der Waals surface area (Å²) in [5.41, 5.74) is 7.93. The van der Waals surface area contributed by atoms with E-state index in [9.17, 15) is 14.4 Å². The molecular weight excluding hydrogens is 487 g/mol. The molecule has 0 aliphatic carbocycles. The second-order valence-electron chi connectivity index (χ2n) is 9.36. The summed E-state index contributed by atoms with van der Waals surface area (Å²) in [5, 5.41) is 9.86. The summed E-state index contributed by atoms with van der Waals surface area (Å²) in [6, 6.07) is 20.0. The van der Waals surface area contributed by atoms with Gasteiger partial charge < -0.3 is 24.7 Å². The number of nitrogens with zero attached hydrogens (tertiary/aromatic N) is 1. The lowest BCUT2D eigenvalue weighted by molar-refractivity contribution is -0.141. The van der Waals surface area contributed by atoms with Crippen molar-refractivity contribution < 1.29 is 28.1 Å². The standard InChI is InChI=1S/C30H29FN2O5/c1-18(2)13-14-35-23-6-4-5-20(15-23)28-25-12-11-24(16-27(25)38-29(33)26(28)17-32)37-30(34)19(3)36-22-9-7-21(31)8-10-22/h4-12,15-16,18-19,28H,13-14,33H2,1-3H3. The Morgan fingerprint density at radius 3 is 2.50 bits per heavy atom. The van der Waals surface area contributed by atoms with E-state index in [4.69, 9.17) is 24.7 Å². The zero-order valence-electron chi connectivity index (χ0n) is 21.4. The number of carbonyl (C=O) groups excluding carboxylic acids is 1. The van der Waals surface area contributed by atoms with Crippen LogP contribution in [-0.4, -0.2) is 18.7 Å². The second kappa shape index (κ2) is 11.7. The van der Waals surface area contributed by atoms with Gasteiger partial charge >= 0.3 is 5.97 Å². The fourth-order valence-electron chi connectivity index (χ4n) is 4.00. The Morgan fingerprint density at radius 1 is 1.05 bits per heavy atom. The molecule has 1 heterocycles. The fraction of sp³-hybridized carbons (Fsp3) is 0.267. The maximum Gasteiger partial charge on any atom is 0.352 e. The van der Waals surface area contributed by atoms with Crippen LogP contribution < -0.4 is 24.7 Å². The average Bonchev–Trinajstić information content (AvgIpc) is 2.89. The quantitative estimate of drug-likeness (QED) is 0.281. The normalized spacial score (nSPS) is 15.2. The molecule has 0 saturated heterocycles.